The van der Waals surface area contributed by atoms with Crippen molar-refractivity contribution >= 4 is 5.78 Å². The number of benzene rings is 1. The second-order valence-electron chi connectivity index (χ2n) is 5.66. The minimum Gasteiger partial charge on any atom is -0.494 e. The molecule has 1 aromatic carbocycles. The number of ketones is 1. The molecule has 0 aliphatic carbocycles. The van der Waals surface area contributed by atoms with Crippen LogP contribution in [0.5, 0.6) is 5.75 Å². The van der Waals surface area contributed by atoms with Crippen LogP contribution in [0.4, 0.5) is 0 Å². The third kappa shape index (κ3) is 7.60. The van der Waals surface area contributed by atoms with Gasteiger partial charge in [0.1, 0.15) is 11.5 Å². The molecule has 3 heteroatoms. The fourth-order valence-corrected chi connectivity index (χ4v) is 2.45. The summed E-state index contributed by atoms with van der Waals surface area (Å²) in [4.78, 5) is 14.2. The smallest absolute Gasteiger partial charge is 0.134 e. The molecule has 0 aliphatic heterocycles. The first kappa shape index (κ1) is 18.7. The molecular weight excluding hydrogens is 274 g/mol. The largest absolute Gasteiger partial charge is 0.494 e. The van der Waals surface area contributed by atoms with Gasteiger partial charge in [0.15, 0.2) is 0 Å². The lowest BCUT2D eigenvalue weighted by atomic mass is 10.0. The van der Waals surface area contributed by atoms with E-state index in [9.17, 15) is 4.79 Å². The van der Waals surface area contributed by atoms with E-state index < -0.39 is 0 Å². The molecule has 0 aromatic heterocycles. The van der Waals surface area contributed by atoms with E-state index in [2.05, 4.69) is 37.8 Å². The predicted molar refractivity (Wildman–Crippen MR) is 92.6 cm³/mol. The molecule has 124 valence electrons. The monoisotopic (exact) mass is 305 g/mol. The fourth-order valence-electron chi connectivity index (χ4n) is 2.45. The first-order valence-corrected chi connectivity index (χ1v) is 8.65. The van der Waals surface area contributed by atoms with Crippen molar-refractivity contribution in [1.82, 2.24) is 4.90 Å². The van der Waals surface area contributed by atoms with Gasteiger partial charge in [-0.15, -0.1) is 0 Å². The molecule has 0 spiro atoms. The lowest BCUT2D eigenvalue weighted by molar-refractivity contribution is -0.119. The van der Waals surface area contributed by atoms with Crippen LogP contribution in [0.2, 0.25) is 0 Å². The topological polar surface area (TPSA) is 29.5 Å². The number of carbonyl (C=O) groups excluding carboxylic acids is 1. The van der Waals surface area contributed by atoms with E-state index in [0.29, 0.717) is 18.6 Å². The number of ether oxygens (including phenoxy) is 1. The number of nitrogens with zero attached hydrogens (tertiary/aromatic N) is 1. The summed E-state index contributed by atoms with van der Waals surface area (Å²) in [7, 11) is 0. The Morgan fingerprint density at radius 1 is 1.14 bits per heavy atom. The Morgan fingerprint density at radius 3 is 2.59 bits per heavy atom. The second kappa shape index (κ2) is 11.2. The molecule has 0 radical (unpaired) electrons. The SMILES string of the molecule is CCCOc1cccc(CCCC(=O)CCN(CC)CC)c1. The zero-order chi connectivity index (χ0) is 16.2. The number of carbonyl (C=O) groups is 1. The van der Waals surface area contributed by atoms with Crippen LogP contribution in [-0.4, -0.2) is 36.9 Å². The Hall–Kier alpha value is -1.35. The minimum atomic E-state index is 0.380. The zero-order valence-electron chi connectivity index (χ0n) is 14.4. The van der Waals surface area contributed by atoms with Crippen molar-refractivity contribution in [2.75, 3.05) is 26.2 Å². The summed E-state index contributed by atoms with van der Waals surface area (Å²) in [5.74, 6) is 1.32. The van der Waals surface area contributed by atoms with Gasteiger partial charge in [-0.05, 0) is 50.0 Å². The van der Waals surface area contributed by atoms with Crippen molar-refractivity contribution < 1.29 is 9.53 Å². The number of hydrogen-bond acceptors (Lipinski definition) is 3. The van der Waals surface area contributed by atoms with Gasteiger partial charge in [0.2, 0.25) is 0 Å². The highest BCUT2D eigenvalue weighted by Gasteiger charge is 2.06. The van der Waals surface area contributed by atoms with E-state index in [-0.39, 0.29) is 0 Å². The van der Waals surface area contributed by atoms with Crippen molar-refractivity contribution in [2.24, 2.45) is 0 Å². The third-order valence-corrected chi connectivity index (χ3v) is 3.89. The van der Waals surface area contributed by atoms with Crippen molar-refractivity contribution in [3.05, 3.63) is 29.8 Å². The van der Waals surface area contributed by atoms with Gasteiger partial charge < -0.3 is 9.64 Å². The van der Waals surface area contributed by atoms with Gasteiger partial charge in [-0.1, -0.05) is 32.9 Å². The third-order valence-electron chi connectivity index (χ3n) is 3.89. The summed E-state index contributed by atoms with van der Waals surface area (Å²) in [6, 6.07) is 8.23. The van der Waals surface area contributed by atoms with Gasteiger partial charge in [0.05, 0.1) is 6.61 Å². The summed E-state index contributed by atoms with van der Waals surface area (Å²) < 4.78 is 5.64. The van der Waals surface area contributed by atoms with Gasteiger partial charge in [-0.2, -0.15) is 0 Å². The van der Waals surface area contributed by atoms with Gasteiger partial charge in [-0.25, -0.2) is 0 Å². The average Bonchev–Trinajstić information content (AvgIpc) is 2.54. The first-order valence-electron chi connectivity index (χ1n) is 8.65. The van der Waals surface area contributed by atoms with Crippen LogP contribution < -0.4 is 4.74 Å². The van der Waals surface area contributed by atoms with E-state index >= 15 is 0 Å². The number of aryl methyl sites for hydroxylation is 1. The molecule has 0 bridgehead atoms. The lowest BCUT2D eigenvalue weighted by Gasteiger charge is -2.16. The molecule has 1 rings (SSSR count). The van der Waals surface area contributed by atoms with Gasteiger partial charge in [-0.3, -0.25) is 4.79 Å². The maximum Gasteiger partial charge on any atom is 0.134 e. The Balaban J connectivity index is 2.27. The van der Waals surface area contributed by atoms with Crippen molar-refractivity contribution in [1.29, 1.82) is 0 Å². The number of Topliss-reactive ketones (excluding diaryl/α,β-unsaturated/α-hetero) is 1. The molecular formula is C19H31NO2. The fraction of sp³-hybridized carbons (Fsp3) is 0.632. The molecule has 0 aliphatic rings. The van der Waals surface area contributed by atoms with E-state index in [0.717, 1.165) is 51.3 Å². The number of hydrogen-bond donors (Lipinski definition) is 0. The Morgan fingerprint density at radius 2 is 1.91 bits per heavy atom. The van der Waals surface area contributed by atoms with Crippen LogP contribution in [0.3, 0.4) is 0 Å². The quantitative estimate of drug-likeness (QED) is 0.582. The summed E-state index contributed by atoms with van der Waals surface area (Å²) >= 11 is 0. The molecule has 0 saturated heterocycles. The molecule has 0 N–H and O–H groups in total. The van der Waals surface area contributed by atoms with E-state index in [4.69, 9.17) is 4.74 Å². The van der Waals surface area contributed by atoms with Crippen LogP contribution in [0.25, 0.3) is 0 Å². The maximum absolute atomic E-state index is 11.9. The Bertz CT molecular complexity index is 427. The highest BCUT2D eigenvalue weighted by atomic mass is 16.5. The average molecular weight is 305 g/mol. The molecule has 3 nitrogen and oxygen atoms in total. The van der Waals surface area contributed by atoms with Crippen LogP contribution in [0.1, 0.15) is 52.0 Å². The van der Waals surface area contributed by atoms with Crippen molar-refractivity contribution in [3.63, 3.8) is 0 Å². The first-order chi connectivity index (χ1) is 10.7. The van der Waals surface area contributed by atoms with E-state index in [1.54, 1.807) is 0 Å². The Labute approximate surface area is 135 Å². The van der Waals surface area contributed by atoms with Crippen LogP contribution >= 0.6 is 0 Å². The molecule has 0 atom stereocenters. The molecule has 0 saturated carbocycles. The number of rotatable bonds is 12. The van der Waals surface area contributed by atoms with Crippen LogP contribution in [0, 0.1) is 0 Å². The summed E-state index contributed by atoms with van der Waals surface area (Å²) in [6.45, 7) is 10.1. The molecule has 0 fully saturated rings. The molecule has 0 unspecified atom stereocenters. The van der Waals surface area contributed by atoms with Crippen molar-refractivity contribution in [3.8, 4) is 5.75 Å². The van der Waals surface area contributed by atoms with Crippen molar-refractivity contribution in [2.45, 2.75) is 52.9 Å². The lowest BCUT2D eigenvalue weighted by Crippen LogP contribution is -2.25. The normalized spacial score (nSPS) is 10.9. The highest BCUT2D eigenvalue weighted by molar-refractivity contribution is 5.78. The van der Waals surface area contributed by atoms with Gasteiger partial charge in [0.25, 0.3) is 0 Å². The standard InChI is InChI=1S/C19H31NO2/c1-4-15-22-19-12-8-10-17(16-19)9-7-11-18(21)13-14-20(5-2)6-3/h8,10,12,16H,4-7,9,11,13-15H2,1-3H3. The maximum atomic E-state index is 11.9. The van der Waals surface area contributed by atoms with Crippen LogP contribution in [0.15, 0.2) is 24.3 Å². The summed E-state index contributed by atoms with van der Waals surface area (Å²) in [5.41, 5.74) is 1.25. The highest BCUT2D eigenvalue weighted by Crippen LogP contribution is 2.15. The zero-order valence-corrected chi connectivity index (χ0v) is 14.4. The van der Waals surface area contributed by atoms with Crippen LogP contribution in [-0.2, 0) is 11.2 Å². The van der Waals surface area contributed by atoms with E-state index in [1.165, 1.54) is 5.56 Å². The van der Waals surface area contributed by atoms with Gasteiger partial charge in [0, 0.05) is 19.4 Å². The molecule has 0 amide bonds. The summed E-state index contributed by atoms with van der Waals surface area (Å²) in [5, 5.41) is 0. The Kier molecular flexibility index (Phi) is 9.56. The second-order valence-corrected chi connectivity index (χ2v) is 5.66. The molecule has 1 aromatic rings. The molecule has 22 heavy (non-hydrogen) atoms. The van der Waals surface area contributed by atoms with E-state index in [1.807, 2.05) is 12.1 Å². The molecule has 0 heterocycles. The minimum absolute atomic E-state index is 0.380. The summed E-state index contributed by atoms with van der Waals surface area (Å²) in [6.07, 6.45) is 4.25. The predicted octanol–water partition coefficient (Wildman–Crippen LogP) is 4.10. The van der Waals surface area contributed by atoms with Gasteiger partial charge >= 0.3 is 0 Å².